The van der Waals surface area contributed by atoms with E-state index in [4.69, 9.17) is 9.47 Å². The van der Waals surface area contributed by atoms with Crippen molar-refractivity contribution in [1.82, 2.24) is 5.32 Å². The number of hydrogen-bond donors (Lipinski definition) is 1. The summed E-state index contributed by atoms with van der Waals surface area (Å²) in [7, 11) is 1.30. The number of halogens is 1. The maximum absolute atomic E-state index is 13.9. The average Bonchev–Trinajstić information content (AvgIpc) is 2.95. The van der Waals surface area contributed by atoms with E-state index < -0.39 is 17.8 Å². The Morgan fingerprint density at radius 1 is 1.60 bits per heavy atom. The van der Waals surface area contributed by atoms with Crippen LogP contribution in [0.3, 0.4) is 0 Å². The lowest BCUT2D eigenvalue weighted by atomic mass is 10.0. The van der Waals surface area contributed by atoms with Gasteiger partial charge in [-0.1, -0.05) is 17.7 Å². The monoisotopic (exact) mass is 281 g/mol. The maximum atomic E-state index is 13.9. The van der Waals surface area contributed by atoms with Crippen LogP contribution in [0.4, 0.5) is 4.39 Å². The fourth-order valence-corrected chi connectivity index (χ4v) is 2.38. The Balaban J connectivity index is 2.13. The fraction of sp³-hybridized carbons (Fsp3) is 0.533. The van der Waals surface area contributed by atoms with E-state index in [2.05, 4.69) is 5.32 Å². The van der Waals surface area contributed by atoms with Gasteiger partial charge in [0.1, 0.15) is 11.9 Å². The Kier molecular flexibility index (Phi) is 5.09. The van der Waals surface area contributed by atoms with Crippen molar-refractivity contribution in [2.75, 3.05) is 20.3 Å². The first kappa shape index (κ1) is 14.9. The van der Waals surface area contributed by atoms with Crippen LogP contribution in [-0.4, -0.2) is 32.3 Å². The zero-order valence-corrected chi connectivity index (χ0v) is 11.8. The molecule has 2 unspecified atom stereocenters. The standard InChI is InChI=1S/C15H20FNO3/c1-10-5-6-13(16)12(8-10)14(15(18)19-2)17-9-11-4-3-7-20-11/h5-6,8,11,14,17H,3-4,7,9H2,1-2H3. The van der Waals surface area contributed by atoms with E-state index in [-0.39, 0.29) is 6.10 Å². The van der Waals surface area contributed by atoms with E-state index in [9.17, 15) is 9.18 Å². The van der Waals surface area contributed by atoms with E-state index in [1.807, 2.05) is 6.92 Å². The van der Waals surface area contributed by atoms with Gasteiger partial charge in [-0.25, -0.2) is 9.18 Å². The smallest absolute Gasteiger partial charge is 0.327 e. The van der Waals surface area contributed by atoms with Crippen LogP contribution in [0.2, 0.25) is 0 Å². The predicted octanol–water partition coefficient (Wildman–Crippen LogP) is 2.12. The molecule has 2 rings (SSSR count). The third kappa shape index (κ3) is 3.55. The normalized spacial score (nSPS) is 19.9. The third-order valence-corrected chi connectivity index (χ3v) is 3.47. The van der Waals surface area contributed by atoms with Gasteiger partial charge in [-0.2, -0.15) is 0 Å². The van der Waals surface area contributed by atoms with Gasteiger partial charge in [0.25, 0.3) is 0 Å². The number of benzene rings is 1. The topological polar surface area (TPSA) is 47.6 Å². The summed E-state index contributed by atoms with van der Waals surface area (Å²) < 4.78 is 24.2. The summed E-state index contributed by atoms with van der Waals surface area (Å²) >= 11 is 0. The van der Waals surface area contributed by atoms with Gasteiger partial charge in [0, 0.05) is 18.7 Å². The highest BCUT2D eigenvalue weighted by Gasteiger charge is 2.26. The summed E-state index contributed by atoms with van der Waals surface area (Å²) in [5, 5.41) is 3.06. The molecule has 1 aromatic carbocycles. The highest BCUT2D eigenvalue weighted by atomic mass is 19.1. The van der Waals surface area contributed by atoms with Gasteiger partial charge < -0.3 is 9.47 Å². The summed E-state index contributed by atoms with van der Waals surface area (Å²) in [6, 6.07) is 3.91. The molecule has 5 heteroatoms. The van der Waals surface area contributed by atoms with E-state index in [1.165, 1.54) is 13.2 Å². The summed E-state index contributed by atoms with van der Waals surface area (Å²) in [4.78, 5) is 11.9. The molecule has 2 atom stereocenters. The second-order valence-corrected chi connectivity index (χ2v) is 5.02. The van der Waals surface area contributed by atoms with Gasteiger partial charge >= 0.3 is 5.97 Å². The van der Waals surface area contributed by atoms with E-state index in [0.29, 0.717) is 12.1 Å². The molecule has 1 aliphatic rings. The quantitative estimate of drug-likeness (QED) is 0.840. The summed E-state index contributed by atoms with van der Waals surface area (Å²) in [5.41, 5.74) is 1.21. The fourth-order valence-electron chi connectivity index (χ4n) is 2.38. The van der Waals surface area contributed by atoms with Crippen molar-refractivity contribution >= 4 is 5.97 Å². The minimum absolute atomic E-state index is 0.0787. The number of esters is 1. The molecule has 4 nitrogen and oxygen atoms in total. The maximum Gasteiger partial charge on any atom is 0.327 e. The Hall–Kier alpha value is -1.46. The molecule has 0 spiro atoms. The molecule has 0 saturated carbocycles. The van der Waals surface area contributed by atoms with Gasteiger partial charge in [-0.3, -0.25) is 5.32 Å². The van der Waals surface area contributed by atoms with Crippen LogP contribution in [0.25, 0.3) is 0 Å². The molecule has 0 aromatic heterocycles. The molecule has 1 heterocycles. The summed E-state index contributed by atoms with van der Waals surface area (Å²) in [6.07, 6.45) is 2.06. The Morgan fingerprint density at radius 3 is 3.05 bits per heavy atom. The summed E-state index contributed by atoms with van der Waals surface area (Å²) in [6.45, 7) is 3.11. The molecule has 20 heavy (non-hydrogen) atoms. The number of aryl methyl sites for hydroxylation is 1. The number of carbonyl (C=O) groups excluding carboxylic acids is 1. The zero-order valence-electron chi connectivity index (χ0n) is 11.8. The minimum Gasteiger partial charge on any atom is -0.468 e. The highest BCUT2D eigenvalue weighted by molar-refractivity contribution is 5.77. The van der Waals surface area contributed by atoms with Gasteiger partial charge in [-0.15, -0.1) is 0 Å². The third-order valence-electron chi connectivity index (χ3n) is 3.47. The van der Waals surface area contributed by atoms with E-state index in [1.54, 1.807) is 12.1 Å². The number of hydrogen-bond acceptors (Lipinski definition) is 4. The Labute approximate surface area is 118 Å². The lowest BCUT2D eigenvalue weighted by molar-refractivity contribution is -0.143. The van der Waals surface area contributed by atoms with Crippen molar-refractivity contribution in [1.29, 1.82) is 0 Å². The number of carbonyl (C=O) groups is 1. The van der Waals surface area contributed by atoms with Crippen LogP contribution < -0.4 is 5.32 Å². The molecular weight excluding hydrogens is 261 g/mol. The predicted molar refractivity (Wildman–Crippen MR) is 72.9 cm³/mol. The zero-order chi connectivity index (χ0) is 14.5. The van der Waals surface area contributed by atoms with Crippen LogP contribution in [0.1, 0.15) is 30.0 Å². The SMILES string of the molecule is COC(=O)C(NCC1CCCO1)c1cc(C)ccc1F. The molecule has 0 radical (unpaired) electrons. The molecule has 0 amide bonds. The molecular formula is C15H20FNO3. The second-order valence-electron chi connectivity index (χ2n) is 5.02. The van der Waals surface area contributed by atoms with Gasteiger partial charge in [-0.05, 0) is 25.8 Å². The van der Waals surface area contributed by atoms with Gasteiger partial charge in [0.15, 0.2) is 0 Å². The number of methoxy groups -OCH3 is 1. The number of nitrogens with one attached hydrogen (secondary N) is 1. The van der Waals surface area contributed by atoms with Crippen molar-refractivity contribution in [3.8, 4) is 0 Å². The van der Waals surface area contributed by atoms with Crippen LogP contribution >= 0.6 is 0 Å². The lowest BCUT2D eigenvalue weighted by Gasteiger charge is -2.20. The highest BCUT2D eigenvalue weighted by Crippen LogP contribution is 2.21. The Morgan fingerprint density at radius 2 is 2.40 bits per heavy atom. The molecule has 0 aliphatic carbocycles. The van der Waals surface area contributed by atoms with Crippen LogP contribution in [0.15, 0.2) is 18.2 Å². The van der Waals surface area contributed by atoms with E-state index >= 15 is 0 Å². The van der Waals surface area contributed by atoms with Gasteiger partial charge in [0.05, 0.1) is 13.2 Å². The van der Waals surface area contributed by atoms with Crippen molar-refractivity contribution in [3.05, 3.63) is 35.1 Å². The largest absolute Gasteiger partial charge is 0.468 e. The first-order valence-corrected chi connectivity index (χ1v) is 6.80. The van der Waals surface area contributed by atoms with Crippen LogP contribution in [-0.2, 0) is 14.3 Å². The van der Waals surface area contributed by atoms with Crippen molar-refractivity contribution in [2.24, 2.45) is 0 Å². The molecule has 1 fully saturated rings. The number of ether oxygens (including phenoxy) is 2. The number of rotatable bonds is 5. The van der Waals surface area contributed by atoms with Crippen molar-refractivity contribution < 1.29 is 18.7 Å². The van der Waals surface area contributed by atoms with Crippen molar-refractivity contribution in [2.45, 2.75) is 31.9 Å². The summed E-state index contributed by atoms with van der Waals surface area (Å²) in [5.74, 6) is -0.904. The molecule has 1 aliphatic heterocycles. The molecule has 1 aromatic rings. The Bertz CT molecular complexity index is 472. The average molecular weight is 281 g/mol. The first-order valence-electron chi connectivity index (χ1n) is 6.80. The second kappa shape index (κ2) is 6.81. The molecule has 0 bridgehead atoms. The lowest BCUT2D eigenvalue weighted by Crippen LogP contribution is -2.35. The van der Waals surface area contributed by atoms with E-state index in [0.717, 1.165) is 25.0 Å². The molecule has 1 N–H and O–H groups in total. The van der Waals surface area contributed by atoms with Crippen molar-refractivity contribution in [3.63, 3.8) is 0 Å². The van der Waals surface area contributed by atoms with Crippen LogP contribution in [0.5, 0.6) is 0 Å². The van der Waals surface area contributed by atoms with Crippen LogP contribution in [0, 0.1) is 12.7 Å². The molecule has 1 saturated heterocycles. The minimum atomic E-state index is -0.802. The van der Waals surface area contributed by atoms with Gasteiger partial charge in [0.2, 0.25) is 0 Å². The molecule has 110 valence electrons. The first-order chi connectivity index (χ1) is 9.61.